The van der Waals surface area contributed by atoms with Crippen molar-refractivity contribution in [2.24, 2.45) is 0 Å². The second-order valence-corrected chi connectivity index (χ2v) is 14.9. The Bertz CT molecular complexity index is 2930. The summed E-state index contributed by atoms with van der Waals surface area (Å²) < 4.78 is 6.66. The van der Waals surface area contributed by atoms with E-state index < -0.39 is 5.41 Å². The lowest BCUT2D eigenvalue weighted by atomic mass is 9.42. The highest BCUT2D eigenvalue weighted by atomic mass is 16.3. The van der Waals surface area contributed by atoms with Crippen LogP contribution < -0.4 is 20.6 Å². The molecule has 54 heavy (non-hydrogen) atoms. The number of hydrogen-bond donors (Lipinski definition) is 0. The second-order valence-electron chi connectivity index (χ2n) is 14.9. The quantitative estimate of drug-likeness (QED) is 0.172. The predicted molar refractivity (Wildman–Crippen MR) is 224 cm³/mol. The Labute approximate surface area is 314 Å². The SMILES string of the molecule is Cc1cc2c3c(c1)N(c1ccccc1)c1cc4c(cc1B3N1c3ccccc3C(c3ccccc3)(c3ccccc3)c3cccc-2c31)oc1ccccc14. The highest BCUT2D eigenvalue weighted by Gasteiger charge is 2.53. The van der Waals surface area contributed by atoms with Crippen molar-refractivity contribution in [1.82, 2.24) is 0 Å². The van der Waals surface area contributed by atoms with Gasteiger partial charge < -0.3 is 14.1 Å². The number of fused-ring (bicyclic) bond motifs is 9. The first kappa shape index (κ1) is 29.8. The summed E-state index contributed by atoms with van der Waals surface area (Å²) in [6.45, 7) is 2.13. The van der Waals surface area contributed by atoms with E-state index in [4.69, 9.17) is 4.42 Å². The summed E-state index contributed by atoms with van der Waals surface area (Å²) in [5.41, 5.74) is 18.7. The van der Waals surface area contributed by atoms with Crippen LogP contribution in [0.2, 0.25) is 0 Å². The summed E-state index contributed by atoms with van der Waals surface area (Å²) in [7, 11) is 0. The Hall–Kier alpha value is -6.78. The maximum Gasteiger partial charge on any atom is 0.333 e. The molecule has 0 radical (unpaired) electrons. The minimum absolute atomic E-state index is 0.109. The van der Waals surface area contributed by atoms with Gasteiger partial charge >= 0.3 is 6.85 Å². The first-order valence-electron chi connectivity index (χ1n) is 18.8. The molecule has 0 atom stereocenters. The minimum atomic E-state index is -0.540. The fourth-order valence-corrected chi connectivity index (χ4v) is 10.1. The lowest BCUT2D eigenvalue weighted by Gasteiger charge is -2.53. The zero-order chi connectivity index (χ0) is 35.5. The predicted octanol–water partition coefficient (Wildman–Crippen LogP) is 11.3. The first-order chi connectivity index (χ1) is 26.7. The number of para-hydroxylation sites is 4. The molecule has 3 aliphatic rings. The van der Waals surface area contributed by atoms with E-state index in [9.17, 15) is 0 Å². The number of aryl methyl sites for hydroxylation is 1. The Balaban J connectivity index is 1.26. The molecule has 0 bridgehead atoms. The molecule has 8 aromatic carbocycles. The van der Waals surface area contributed by atoms with Crippen LogP contribution in [0, 0.1) is 6.92 Å². The van der Waals surface area contributed by atoms with Crippen LogP contribution in [0.5, 0.6) is 0 Å². The lowest BCUT2D eigenvalue weighted by Crippen LogP contribution is -2.63. The topological polar surface area (TPSA) is 19.6 Å². The molecule has 0 fully saturated rings. The minimum Gasteiger partial charge on any atom is -0.456 e. The number of nitrogens with zero attached hydrogens (tertiary/aromatic N) is 2. The molecule has 0 unspecified atom stereocenters. The van der Waals surface area contributed by atoms with E-state index in [0.29, 0.717) is 0 Å². The maximum absolute atomic E-state index is 6.66. The molecule has 9 aromatic rings. The molecule has 1 aromatic heterocycles. The van der Waals surface area contributed by atoms with E-state index >= 15 is 0 Å². The van der Waals surface area contributed by atoms with Crippen LogP contribution in [0.25, 0.3) is 33.1 Å². The van der Waals surface area contributed by atoms with Crippen molar-refractivity contribution in [2.75, 3.05) is 9.71 Å². The smallest absolute Gasteiger partial charge is 0.333 e. The third kappa shape index (κ3) is 3.77. The summed E-state index contributed by atoms with van der Waals surface area (Å²) in [6, 6.07) is 67.1. The van der Waals surface area contributed by atoms with Crippen molar-refractivity contribution in [1.29, 1.82) is 0 Å². The summed E-state index contributed by atoms with van der Waals surface area (Å²) >= 11 is 0. The van der Waals surface area contributed by atoms with Crippen LogP contribution in [0.15, 0.2) is 186 Å². The van der Waals surface area contributed by atoms with Gasteiger partial charge in [0.1, 0.15) is 11.2 Å². The molecule has 0 saturated heterocycles. The van der Waals surface area contributed by atoms with E-state index in [1.165, 1.54) is 72.6 Å². The molecule has 4 heteroatoms. The molecule has 0 spiro atoms. The molecule has 3 aliphatic heterocycles. The molecule has 0 amide bonds. The molecule has 252 valence electrons. The second kappa shape index (κ2) is 10.9. The van der Waals surface area contributed by atoms with Crippen LogP contribution in [0.4, 0.5) is 28.4 Å². The Morgan fingerprint density at radius 1 is 0.500 bits per heavy atom. The van der Waals surface area contributed by atoms with Crippen LogP contribution in [0.1, 0.15) is 27.8 Å². The molecule has 0 aliphatic carbocycles. The fraction of sp³-hybridized carbons (Fsp3) is 0.0400. The maximum atomic E-state index is 6.66. The average Bonchev–Trinajstić information content (AvgIpc) is 3.59. The summed E-state index contributed by atoms with van der Waals surface area (Å²) in [4.78, 5) is 5.16. The molecular weight excluding hydrogens is 655 g/mol. The van der Waals surface area contributed by atoms with Gasteiger partial charge in [0.15, 0.2) is 0 Å². The van der Waals surface area contributed by atoms with Crippen LogP contribution in [-0.4, -0.2) is 6.85 Å². The van der Waals surface area contributed by atoms with Gasteiger partial charge in [-0.15, -0.1) is 0 Å². The lowest BCUT2D eigenvalue weighted by molar-refractivity contribution is 0.669. The van der Waals surface area contributed by atoms with Crippen LogP contribution >= 0.6 is 0 Å². The first-order valence-corrected chi connectivity index (χ1v) is 18.8. The Kier molecular flexibility index (Phi) is 6.00. The van der Waals surface area contributed by atoms with Crippen molar-refractivity contribution < 1.29 is 4.42 Å². The molecule has 0 saturated carbocycles. The van der Waals surface area contributed by atoms with Gasteiger partial charge in [0.25, 0.3) is 0 Å². The van der Waals surface area contributed by atoms with Crippen LogP contribution in [-0.2, 0) is 5.41 Å². The van der Waals surface area contributed by atoms with Crippen molar-refractivity contribution in [3.8, 4) is 11.1 Å². The van der Waals surface area contributed by atoms with E-state index in [2.05, 4.69) is 199 Å². The average molecular weight is 689 g/mol. The highest BCUT2D eigenvalue weighted by molar-refractivity contribution is 6.94. The Morgan fingerprint density at radius 3 is 1.94 bits per heavy atom. The molecular formula is C50H33BN2O. The molecule has 12 rings (SSSR count). The highest BCUT2D eigenvalue weighted by Crippen LogP contribution is 2.60. The standard InChI is InChI=1S/C50H33BN2O/c1-32-28-39-37-23-15-25-41-49(37)53(43-26-13-12-24-40(43)50(41,33-16-5-2-6-17-33)34-18-7-3-8-19-34)51-42-31-47-38(36-22-11-14-27-46(36)54-47)30-44(42)52(45(29-32)48(39)51)35-20-9-4-10-21-35/h2-31H,1H3. The van der Waals surface area contributed by atoms with Gasteiger partial charge in [-0.3, -0.25) is 0 Å². The number of anilines is 5. The number of hydrogen-bond acceptors (Lipinski definition) is 3. The van der Waals surface area contributed by atoms with Crippen LogP contribution in [0.3, 0.4) is 0 Å². The van der Waals surface area contributed by atoms with Gasteiger partial charge in [-0.05, 0) is 93.7 Å². The largest absolute Gasteiger partial charge is 0.456 e. The van der Waals surface area contributed by atoms with E-state index in [1.807, 2.05) is 0 Å². The third-order valence-electron chi connectivity index (χ3n) is 12.1. The summed E-state index contributed by atoms with van der Waals surface area (Å²) in [5, 5.41) is 2.26. The van der Waals surface area contributed by atoms with E-state index in [0.717, 1.165) is 27.6 Å². The van der Waals surface area contributed by atoms with Gasteiger partial charge in [-0.25, -0.2) is 0 Å². The van der Waals surface area contributed by atoms with E-state index in [-0.39, 0.29) is 6.85 Å². The normalized spacial score (nSPS) is 14.4. The zero-order valence-electron chi connectivity index (χ0n) is 29.7. The Morgan fingerprint density at radius 2 is 1.17 bits per heavy atom. The van der Waals surface area contributed by atoms with Gasteiger partial charge in [-0.1, -0.05) is 140 Å². The molecule has 0 N–H and O–H groups in total. The van der Waals surface area contributed by atoms with Gasteiger partial charge in [-0.2, -0.15) is 0 Å². The number of rotatable bonds is 3. The molecule has 3 nitrogen and oxygen atoms in total. The van der Waals surface area contributed by atoms with Gasteiger partial charge in [0, 0.05) is 44.8 Å². The zero-order valence-corrected chi connectivity index (χ0v) is 29.7. The summed E-state index contributed by atoms with van der Waals surface area (Å²) in [6.07, 6.45) is 0. The van der Waals surface area contributed by atoms with Gasteiger partial charge in [0.2, 0.25) is 0 Å². The molecule has 4 heterocycles. The number of benzene rings is 8. The van der Waals surface area contributed by atoms with Crippen molar-refractivity contribution in [3.63, 3.8) is 0 Å². The fourth-order valence-electron chi connectivity index (χ4n) is 10.1. The summed E-state index contributed by atoms with van der Waals surface area (Å²) in [5.74, 6) is 0. The van der Waals surface area contributed by atoms with Crippen molar-refractivity contribution in [2.45, 2.75) is 12.3 Å². The van der Waals surface area contributed by atoms with E-state index in [1.54, 1.807) is 0 Å². The van der Waals surface area contributed by atoms with Crippen molar-refractivity contribution >= 4 is 68.1 Å². The monoisotopic (exact) mass is 688 g/mol. The van der Waals surface area contributed by atoms with Crippen molar-refractivity contribution in [3.05, 3.63) is 210 Å². The third-order valence-corrected chi connectivity index (χ3v) is 12.1. The van der Waals surface area contributed by atoms with Gasteiger partial charge in [0.05, 0.1) is 5.41 Å². The number of furan rings is 1.